The van der Waals surface area contributed by atoms with Crippen LogP contribution in [0.25, 0.3) is 0 Å². The molecule has 1 amide bonds. The highest BCUT2D eigenvalue weighted by atomic mass is 127. The molecule has 8 heteroatoms. The van der Waals surface area contributed by atoms with E-state index in [2.05, 4.69) is 39.7 Å². The lowest BCUT2D eigenvalue weighted by Gasteiger charge is -2.32. The summed E-state index contributed by atoms with van der Waals surface area (Å²) in [5.41, 5.74) is 0.416. The first-order chi connectivity index (χ1) is 11.8. The number of carbonyl (C=O) groups is 1. The molecule has 0 spiro atoms. The van der Waals surface area contributed by atoms with Crippen LogP contribution in [0, 0.1) is 3.57 Å². The van der Waals surface area contributed by atoms with Crippen LogP contribution < -0.4 is 5.32 Å². The summed E-state index contributed by atoms with van der Waals surface area (Å²) in [5, 5.41) is 3.07. The first-order valence-corrected chi connectivity index (χ1v) is 11.0. The molecule has 1 fully saturated rings. The Morgan fingerprint density at radius 1 is 1.32 bits per heavy atom. The third-order valence-corrected chi connectivity index (χ3v) is 7.18. The summed E-state index contributed by atoms with van der Waals surface area (Å²) in [4.78, 5) is 15.2. The summed E-state index contributed by atoms with van der Waals surface area (Å²) in [6.07, 6.45) is 3.00. The zero-order chi connectivity index (χ0) is 18.6. The second-order valence-corrected chi connectivity index (χ2v) is 9.83. The predicted molar refractivity (Wildman–Crippen MR) is 107 cm³/mol. The number of benzene rings is 1. The molecule has 0 saturated carbocycles. The van der Waals surface area contributed by atoms with E-state index in [-0.39, 0.29) is 16.8 Å². The molecule has 1 aliphatic rings. The van der Waals surface area contributed by atoms with Crippen molar-refractivity contribution < 1.29 is 13.2 Å². The molecule has 0 unspecified atom stereocenters. The van der Waals surface area contributed by atoms with E-state index in [0.29, 0.717) is 5.56 Å². The molecule has 0 radical (unpaired) electrons. The molecule has 0 aromatic heterocycles. The molecule has 1 aromatic rings. The van der Waals surface area contributed by atoms with Crippen LogP contribution in [0.1, 0.15) is 36.5 Å². The van der Waals surface area contributed by atoms with E-state index >= 15 is 0 Å². The van der Waals surface area contributed by atoms with Gasteiger partial charge in [0, 0.05) is 36.8 Å². The molecule has 0 bridgehead atoms. The first-order valence-electron chi connectivity index (χ1n) is 8.51. The van der Waals surface area contributed by atoms with Gasteiger partial charge in [0.25, 0.3) is 5.91 Å². The van der Waals surface area contributed by atoms with Gasteiger partial charge in [0.15, 0.2) is 0 Å². The number of piperidine rings is 1. The highest BCUT2D eigenvalue weighted by Gasteiger charge is 2.24. The number of rotatable bonds is 6. The number of sulfonamides is 1. The number of nitrogens with zero attached hydrogens (tertiary/aromatic N) is 2. The van der Waals surface area contributed by atoms with E-state index in [0.717, 1.165) is 46.8 Å². The second-order valence-electron chi connectivity index (χ2n) is 6.52. The molecule has 25 heavy (non-hydrogen) atoms. The van der Waals surface area contributed by atoms with Crippen molar-refractivity contribution in [3.8, 4) is 0 Å². The Kier molecular flexibility index (Phi) is 7.24. The Hall–Kier alpha value is -0.710. The van der Waals surface area contributed by atoms with Crippen LogP contribution in [0.2, 0.25) is 0 Å². The minimum Gasteiger partial charge on any atom is -0.349 e. The number of hydrogen-bond acceptors (Lipinski definition) is 4. The fourth-order valence-corrected chi connectivity index (χ4v) is 4.44. The quantitative estimate of drug-likeness (QED) is 0.635. The average molecular weight is 479 g/mol. The van der Waals surface area contributed by atoms with Gasteiger partial charge in [-0.25, -0.2) is 12.7 Å². The van der Waals surface area contributed by atoms with Gasteiger partial charge in [0.05, 0.1) is 10.5 Å². The molecular formula is C17H26IN3O3S. The summed E-state index contributed by atoms with van der Waals surface area (Å²) >= 11 is 2.07. The molecular weight excluding hydrogens is 453 g/mol. The van der Waals surface area contributed by atoms with Crippen molar-refractivity contribution in [3.05, 3.63) is 27.3 Å². The lowest BCUT2D eigenvalue weighted by Crippen LogP contribution is -2.45. The van der Waals surface area contributed by atoms with Gasteiger partial charge in [-0.05, 0) is 66.6 Å². The van der Waals surface area contributed by atoms with Gasteiger partial charge >= 0.3 is 0 Å². The summed E-state index contributed by atoms with van der Waals surface area (Å²) in [6, 6.07) is 4.83. The summed E-state index contributed by atoms with van der Waals surface area (Å²) < 4.78 is 26.5. The van der Waals surface area contributed by atoms with Gasteiger partial charge in [0.1, 0.15) is 0 Å². The number of carbonyl (C=O) groups excluding carboxylic acids is 1. The van der Waals surface area contributed by atoms with E-state index in [4.69, 9.17) is 0 Å². The number of amides is 1. The zero-order valence-electron chi connectivity index (χ0n) is 15.0. The minimum absolute atomic E-state index is 0.140. The standard InChI is InChI=1S/C17H26IN3O3S/c1-4-9-21-10-7-13(8-11-21)19-17(22)15-12-14(5-6-16(15)18)25(23,24)20(2)3/h5-6,12-13H,4,7-11H2,1-3H3,(H,19,22). The zero-order valence-corrected chi connectivity index (χ0v) is 17.9. The summed E-state index contributed by atoms with van der Waals surface area (Å²) in [6.45, 7) is 5.25. The Bertz CT molecular complexity index is 714. The number of hydrogen-bond donors (Lipinski definition) is 1. The van der Waals surface area contributed by atoms with Gasteiger partial charge in [-0.15, -0.1) is 0 Å². The van der Waals surface area contributed by atoms with Crippen molar-refractivity contribution in [2.75, 3.05) is 33.7 Å². The van der Waals surface area contributed by atoms with Gasteiger partial charge in [0.2, 0.25) is 10.0 Å². The largest absolute Gasteiger partial charge is 0.349 e. The van der Waals surface area contributed by atoms with E-state index in [9.17, 15) is 13.2 Å². The summed E-state index contributed by atoms with van der Waals surface area (Å²) in [5.74, 6) is -0.200. The molecule has 1 N–H and O–H groups in total. The number of likely N-dealkylation sites (tertiary alicyclic amines) is 1. The lowest BCUT2D eigenvalue weighted by atomic mass is 10.0. The van der Waals surface area contributed by atoms with Crippen LogP contribution in [0.4, 0.5) is 0 Å². The van der Waals surface area contributed by atoms with Crippen molar-refractivity contribution in [1.82, 2.24) is 14.5 Å². The van der Waals surface area contributed by atoms with Crippen LogP contribution >= 0.6 is 22.6 Å². The van der Waals surface area contributed by atoms with E-state index in [1.54, 1.807) is 6.07 Å². The van der Waals surface area contributed by atoms with Gasteiger partial charge < -0.3 is 10.2 Å². The van der Waals surface area contributed by atoms with Crippen LogP contribution in [-0.4, -0.2) is 63.3 Å². The van der Waals surface area contributed by atoms with Crippen molar-refractivity contribution in [2.24, 2.45) is 0 Å². The molecule has 6 nitrogen and oxygen atoms in total. The molecule has 1 heterocycles. The van der Waals surface area contributed by atoms with Crippen LogP contribution in [0.5, 0.6) is 0 Å². The lowest BCUT2D eigenvalue weighted by molar-refractivity contribution is 0.0910. The SMILES string of the molecule is CCCN1CCC(NC(=O)c2cc(S(=O)(=O)N(C)C)ccc2I)CC1. The third kappa shape index (κ3) is 5.15. The van der Waals surface area contributed by atoms with Crippen LogP contribution in [0.3, 0.4) is 0 Å². The van der Waals surface area contributed by atoms with Gasteiger partial charge in [-0.1, -0.05) is 6.92 Å². The number of nitrogens with one attached hydrogen (secondary N) is 1. The van der Waals surface area contributed by atoms with Crippen molar-refractivity contribution in [2.45, 2.75) is 37.1 Å². The molecule has 0 aliphatic carbocycles. The Labute approximate surface area is 164 Å². The van der Waals surface area contributed by atoms with E-state index in [1.165, 1.54) is 26.2 Å². The highest BCUT2D eigenvalue weighted by Crippen LogP contribution is 2.21. The molecule has 1 aliphatic heterocycles. The Morgan fingerprint density at radius 2 is 1.96 bits per heavy atom. The highest BCUT2D eigenvalue weighted by molar-refractivity contribution is 14.1. The molecule has 1 aromatic carbocycles. The monoisotopic (exact) mass is 479 g/mol. The van der Waals surface area contributed by atoms with Crippen molar-refractivity contribution in [1.29, 1.82) is 0 Å². The fraction of sp³-hybridized carbons (Fsp3) is 0.588. The fourth-order valence-electron chi connectivity index (χ4n) is 2.93. The molecule has 1 saturated heterocycles. The van der Waals surface area contributed by atoms with Crippen molar-refractivity contribution in [3.63, 3.8) is 0 Å². The maximum absolute atomic E-state index is 12.7. The third-order valence-electron chi connectivity index (χ3n) is 4.42. The van der Waals surface area contributed by atoms with Crippen molar-refractivity contribution >= 4 is 38.5 Å². The molecule has 0 atom stereocenters. The average Bonchev–Trinajstić information content (AvgIpc) is 2.56. The Morgan fingerprint density at radius 3 is 2.52 bits per heavy atom. The van der Waals surface area contributed by atoms with Gasteiger partial charge in [-0.3, -0.25) is 4.79 Å². The first kappa shape index (κ1) is 20.6. The summed E-state index contributed by atoms with van der Waals surface area (Å²) in [7, 11) is -0.587. The molecule has 140 valence electrons. The van der Waals surface area contributed by atoms with E-state index in [1.807, 2.05) is 0 Å². The maximum atomic E-state index is 12.7. The van der Waals surface area contributed by atoms with Crippen LogP contribution in [0.15, 0.2) is 23.1 Å². The number of halogens is 1. The normalized spacial score (nSPS) is 17.0. The smallest absolute Gasteiger partial charge is 0.252 e. The molecule has 2 rings (SSSR count). The maximum Gasteiger partial charge on any atom is 0.252 e. The van der Waals surface area contributed by atoms with Gasteiger partial charge in [-0.2, -0.15) is 0 Å². The Balaban J connectivity index is 2.10. The van der Waals surface area contributed by atoms with E-state index < -0.39 is 10.0 Å². The van der Waals surface area contributed by atoms with Crippen LogP contribution in [-0.2, 0) is 10.0 Å². The second kappa shape index (κ2) is 8.79. The predicted octanol–water partition coefficient (Wildman–Crippen LogP) is 2.15. The minimum atomic E-state index is -3.55. The topological polar surface area (TPSA) is 69.7 Å².